The Labute approximate surface area is 273 Å². The fourth-order valence-electron chi connectivity index (χ4n) is 13.5. The van der Waals surface area contributed by atoms with E-state index >= 15 is 0 Å². The van der Waals surface area contributed by atoms with Gasteiger partial charge in [-0.3, -0.25) is 4.98 Å². The first-order chi connectivity index (χ1) is 24.3. The van der Waals surface area contributed by atoms with Crippen LogP contribution >= 0.6 is 0 Å². The Balaban J connectivity index is 1.33. The normalized spacial score (nSPS) is 23.4. The third-order valence-corrected chi connectivity index (χ3v) is 14.6. The van der Waals surface area contributed by atoms with Gasteiger partial charge in [-0.05, 0) is 147 Å². The van der Waals surface area contributed by atoms with E-state index in [0.717, 1.165) is 11.5 Å². The molecule has 13 aromatic rings. The molecule has 18 rings (SSSR count). The predicted molar refractivity (Wildman–Crippen MR) is 199 cm³/mol. The molecule has 4 aliphatic carbocycles. The molecule has 2 heterocycles. The average molecular weight is 611 g/mol. The molecule has 0 saturated heterocycles. The van der Waals surface area contributed by atoms with Crippen LogP contribution in [0.2, 0.25) is 0 Å². The lowest BCUT2D eigenvalue weighted by Gasteiger charge is -2.47. The number of aliphatic imine (C=N–C) groups is 1. The molecule has 3 nitrogen and oxygen atoms in total. The Hall–Kier alpha value is -6.32. The van der Waals surface area contributed by atoms with Crippen molar-refractivity contribution in [1.82, 2.24) is 4.98 Å². The number of pyridine rings is 1. The van der Waals surface area contributed by atoms with Crippen molar-refractivity contribution in [3.05, 3.63) is 112 Å². The first-order valence-corrected chi connectivity index (χ1v) is 17.4. The second kappa shape index (κ2) is 5.43. The van der Waals surface area contributed by atoms with Gasteiger partial charge in [-0.25, -0.2) is 4.99 Å². The molecule has 2 spiro atoms. The molecule has 3 heteroatoms. The number of benzene rings is 8. The maximum absolute atomic E-state index is 7.70. The summed E-state index contributed by atoms with van der Waals surface area (Å²) in [6, 6.07) is 23.5. The zero-order valence-corrected chi connectivity index (χ0v) is 25.4. The van der Waals surface area contributed by atoms with Gasteiger partial charge in [-0.15, -0.1) is 0 Å². The van der Waals surface area contributed by atoms with Gasteiger partial charge in [0.25, 0.3) is 0 Å². The molecule has 2 unspecified atom stereocenters. The number of nitrogens with zero attached hydrogens (tertiary/aromatic N) is 2. The molecule has 0 fully saturated rings. The number of aromatic nitrogens is 1. The first kappa shape index (κ1) is 20.8. The molecule has 2 atom stereocenters. The van der Waals surface area contributed by atoms with Crippen LogP contribution in [0.15, 0.2) is 90.2 Å². The largest absolute Gasteiger partial charge is 0.457 e. The highest BCUT2D eigenvalue weighted by molar-refractivity contribution is 6.64. The molecular formula is C46H14N2O. The van der Waals surface area contributed by atoms with E-state index in [1.54, 1.807) is 0 Å². The standard InChI is InChI=1S/C46H14N2O/c1-3-18-20-5-7-22-24-9-10-25-23-8-6-21-19-4-2-17-16(1)26-28(18)35-30(20)32(22)42-40-38(35)37-34(26)27(17)29(19)36-31(21)33(23)43(41(40)39(36)37)46(25)45(24,42)48-44(49-46)15-11-13-47-14-12-15/h1-14H. The van der Waals surface area contributed by atoms with E-state index < -0.39 is 11.1 Å². The molecular weight excluding hydrogens is 597 g/mol. The summed E-state index contributed by atoms with van der Waals surface area (Å²) >= 11 is 0. The summed E-state index contributed by atoms with van der Waals surface area (Å²) in [7, 11) is 0. The molecule has 0 bridgehead atoms. The minimum absolute atomic E-state index is 0.711. The molecule has 214 valence electrons. The molecule has 1 aliphatic heterocycles. The zero-order valence-electron chi connectivity index (χ0n) is 25.4. The summed E-state index contributed by atoms with van der Waals surface area (Å²) in [5, 5.41) is 34.4. The van der Waals surface area contributed by atoms with Gasteiger partial charge in [0.2, 0.25) is 5.90 Å². The lowest BCUT2D eigenvalue weighted by atomic mass is 9.60. The quantitative estimate of drug-likeness (QED) is 0.174. The van der Waals surface area contributed by atoms with E-state index in [1.165, 1.54) is 151 Å². The van der Waals surface area contributed by atoms with Gasteiger partial charge in [-0.2, -0.15) is 0 Å². The molecule has 0 saturated carbocycles. The predicted octanol–water partition coefficient (Wildman–Crippen LogP) is 9.05. The number of rotatable bonds is 1. The molecule has 49 heavy (non-hydrogen) atoms. The van der Waals surface area contributed by atoms with Crippen LogP contribution in [0.4, 0.5) is 0 Å². The topological polar surface area (TPSA) is 34.5 Å². The van der Waals surface area contributed by atoms with Crippen LogP contribution in [-0.2, 0) is 15.9 Å². The number of hydrogen-bond donors (Lipinski definition) is 0. The zero-order chi connectivity index (χ0) is 30.3. The highest BCUT2D eigenvalue weighted by Crippen LogP contribution is 2.75. The molecule has 12 aromatic carbocycles. The molecule has 0 N–H and O–H groups in total. The van der Waals surface area contributed by atoms with E-state index in [4.69, 9.17) is 9.73 Å². The van der Waals surface area contributed by atoms with E-state index in [0.29, 0.717) is 0 Å². The van der Waals surface area contributed by atoms with E-state index in [9.17, 15) is 0 Å². The summed E-state index contributed by atoms with van der Waals surface area (Å²) < 4.78 is 7.70. The van der Waals surface area contributed by atoms with Gasteiger partial charge in [-0.1, -0.05) is 60.7 Å². The second-order valence-corrected chi connectivity index (χ2v) is 15.7. The summed E-state index contributed by atoms with van der Waals surface area (Å²) in [5.74, 6) is 0.725. The smallest absolute Gasteiger partial charge is 0.218 e. The van der Waals surface area contributed by atoms with Gasteiger partial charge >= 0.3 is 0 Å². The second-order valence-electron chi connectivity index (χ2n) is 15.7. The SMILES string of the molecule is C1=CC2=c3ccc4c5ccc6c7ccc8c9ccc%10c%11c%12c%13c%14c(c3c4c3c5c6c4c7c8c(c%119)c%13c4c%143)C23OC(c2ccncc2)=NC%123C=%101. The number of ether oxygens (including phenoxy) is 1. The van der Waals surface area contributed by atoms with Crippen molar-refractivity contribution in [3.8, 4) is 0 Å². The van der Waals surface area contributed by atoms with Gasteiger partial charge < -0.3 is 4.74 Å². The summed E-state index contributed by atoms with van der Waals surface area (Å²) in [5.41, 5.74) is 4.80. The fraction of sp³-hybridized carbons (Fsp3) is 0.0435. The lowest BCUT2D eigenvalue weighted by Crippen LogP contribution is -2.49. The Morgan fingerprint density at radius 1 is 0.408 bits per heavy atom. The van der Waals surface area contributed by atoms with Crippen LogP contribution < -0.4 is 10.4 Å². The minimum Gasteiger partial charge on any atom is -0.457 e. The fourth-order valence-corrected chi connectivity index (χ4v) is 13.5. The molecule has 0 amide bonds. The third-order valence-electron chi connectivity index (χ3n) is 14.6. The lowest BCUT2D eigenvalue weighted by molar-refractivity contribution is 0.0944. The van der Waals surface area contributed by atoms with Crippen LogP contribution in [0, 0.1) is 0 Å². The maximum atomic E-state index is 7.70. The van der Waals surface area contributed by atoms with E-state index in [1.807, 2.05) is 12.4 Å². The molecule has 5 aliphatic rings. The molecule has 0 radical (unpaired) electrons. The molecule has 1 aromatic heterocycles. The Bertz CT molecular complexity index is 4060. The van der Waals surface area contributed by atoms with Crippen molar-refractivity contribution in [2.45, 2.75) is 11.1 Å². The van der Waals surface area contributed by atoms with Crippen molar-refractivity contribution in [1.29, 1.82) is 0 Å². The highest BCUT2D eigenvalue weighted by atomic mass is 16.5. The highest BCUT2D eigenvalue weighted by Gasteiger charge is 2.72. The van der Waals surface area contributed by atoms with E-state index in [-0.39, 0.29) is 0 Å². The van der Waals surface area contributed by atoms with Crippen LogP contribution in [0.5, 0.6) is 0 Å². The number of hydrogen-bond acceptors (Lipinski definition) is 3. The Morgan fingerprint density at radius 2 is 0.857 bits per heavy atom. The van der Waals surface area contributed by atoms with Crippen LogP contribution in [0.1, 0.15) is 16.7 Å². The van der Waals surface area contributed by atoms with Crippen molar-refractivity contribution >= 4 is 136 Å². The van der Waals surface area contributed by atoms with Crippen molar-refractivity contribution in [2.75, 3.05) is 0 Å². The average Bonchev–Trinajstić information content (AvgIpc) is 3.98. The monoisotopic (exact) mass is 610 g/mol. The van der Waals surface area contributed by atoms with Crippen molar-refractivity contribution in [2.24, 2.45) is 4.99 Å². The Morgan fingerprint density at radius 3 is 1.47 bits per heavy atom. The summed E-state index contributed by atoms with van der Waals surface area (Å²) in [4.78, 5) is 10.3. The van der Waals surface area contributed by atoms with Gasteiger partial charge in [0.1, 0.15) is 0 Å². The van der Waals surface area contributed by atoms with Crippen LogP contribution in [-0.4, -0.2) is 10.9 Å². The van der Waals surface area contributed by atoms with Gasteiger partial charge in [0.05, 0.1) is 0 Å². The van der Waals surface area contributed by atoms with E-state index in [2.05, 4.69) is 77.8 Å². The third kappa shape index (κ3) is 1.44. The minimum atomic E-state index is -0.781. The van der Waals surface area contributed by atoms with Crippen molar-refractivity contribution < 1.29 is 4.74 Å². The van der Waals surface area contributed by atoms with Crippen LogP contribution in [0.3, 0.4) is 0 Å². The van der Waals surface area contributed by atoms with Crippen LogP contribution in [0.25, 0.3) is 130 Å². The summed E-state index contributed by atoms with van der Waals surface area (Å²) in [6.45, 7) is 0. The number of fused-ring (bicyclic) bond motifs is 3. The van der Waals surface area contributed by atoms with Gasteiger partial charge in [0, 0.05) is 34.7 Å². The van der Waals surface area contributed by atoms with Crippen molar-refractivity contribution in [3.63, 3.8) is 0 Å². The Kier molecular flexibility index (Phi) is 2.31. The first-order valence-electron chi connectivity index (χ1n) is 17.4. The van der Waals surface area contributed by atoms with Gasteiger partial charge in [0.15, 0.2) is 11.1 Å². The summed E-state index contributed by atoms with van der Waals surface area (Å²) in [6.07, 6.45) is 8.54. The maximum Gasteiger partial charge on any atom is 0.218 e.